The van der Waals surface area contributed by atoms with Crippen LogP contribution in [0.1, 0.15) is 51.1 Å². The number of pyridine rings is 1. The highest BCUT2D eigenvalue weighted by atomic mass is 19.1. The van der Waals surface area contributed by atoms with E-state index in [0.29, 0.717) is 23.5 Å². The minimum absolute atomic E-state index is 0.131. The van der Waals surface area contributed by atoms with Crippen molar-refractivity contribution in [3.05, 3.63) is 87.9 Å². The number of benzene rings is 2. The van der Waals surface area contributed by atoms with Gasteiger partial charge in [-0.15, -0.1) is 0 Å². The molecule has 2 aromatic carbocycles. The van der Waals surface area contributed by atoms with Crippen LogP contribution < -0.4 is 10.8 Å². The van der Waals surface area contributed by atoms with E-state index in [2.05, 4.69) is 28.5 Å². The maximum Gasteiger partial charge on any atom is 0.497 e. The Kier molecular flexibility index (Phi) is 6.48. The third-order valence-electron chi connectivity index (χ3n) is 6.66. The molecule has 1 unspecified atom stereocenters. The first kappa shape index (κ1) is 22.8. The molecule has 5 rings (SSSR count). The summed E-state index contributed by atoms with van der Waals surface area (Å²) >= 11 is 0. The van der Waals surface area contributed by atoms with E-state index >= 15 is 4.39 Å². The van der Waals surface area contributed by atoms with Crippen molar-refractivity contribution < 1.29 is 18.5 Å². The topological polar surface area (TPSA) is 60.5 Å². The van der Waals surface area contributed by atoms with Gasteiger partial charge in [0.25, 0.3) is 5.91 Å². The maximum atomic E-state index is 15.1. The predicted octanol–water partition coefficient (Wildman–Crippen LogP) is 4.32. The van der Waals surface area contributed by atoms with Crippen LogP contribution in [0, 0.1) is 19.7 Å². The molecule has 1 aliphatic heterocycles. The van der Waals surface area contributed by atoms with E-state index in [4.69, 9.17) is 9.31 Å². The van der Waals surface area contributed by atoms with E-state index in [9.17, 15) is 4.79 Å². The molecule has 7 heteroatoms. The van der Waals surface area contributed by atoms with Gasteiger partial charge in [-0.25, -0.2) is 9.37 Å². The van der Waals surface area contributed by atoms with Crippen LogP contribution >= 0.6 is 0 Å². The maximum absolute atomic E-state index is 15.1. The molecule has 0 spiro atoms. The Hall–Kier alpha value is -3.03. The van der Waals surface area contributed by atoms with Gasteiger partial charge >= 0.3 is 7.12 Å². The minimum Gasteiger partial charge on any atom is -0.405 e. The lowest BCUT2D eigenvalue weighted by Gasteiger charge is -2.21. The van der Waals surface area contributed by atoms with Gasteiger partial charge < -0.3 is 14.6 Å². The number of hydrogen-bond acceptors (Lipinski definition) is 4. The Morgan fingerprint density at radius 3 is 2.82 bits per heavy atom. The second-order valence-corrected chi connectivity index (χ2v) is 9.20. The lowest BCUT2D eigenvalue weighted by molar-refractivity contribution is 0.102. The molecule has 1 amide bonds. The fraction of sp³-hybridized carbons (Fsp3) is 0.333. The van der Waals surface area contributed by atoms with Crippen LogP contribution in [0.2, 0.25) is 0 Å². The zero-order chi connectivity index (χ0) is 23.7. The van der Waals surface area contributed by atoms with Crippen LogP contribution in [-0.2, 0) is 28.6 Å². The standard InChI is InChI=1S/C27H28BFN2O3/c1-17-13-24(25(29)15-23(17)27(32)31-26-12-5-7-18(2)30-26)28-33-16-21(34-28)14-20-10-6-9-19-8-3-4-11-22(19)20/h5-7,9-10,12-13,15,21H,3-4,8,11,14,16H2,1-2H3,(H,30,31,32). The number of hydrogen-bond donors (Lipinski definition) is 1. The van der Waals surface area contributed by atoms with Crippen molar-refractivity contribution >= 4 is 24.3 Å². The number of anilines is 1. The molecule has 34 heavy (non-hydrogen) atoms. The van der Waals surface area contributed by atoms with Crippen molar-refractivity contribution in [1.29, 1.82) is 0 Å². The Labute approximate surface area is 199 Å². The summed E-state index contributed by atoms with van der Waals surface area (Å²) in [6, 6.07) is 14.8. The number of amides is 1. The van der Waals surface area contributed by atoms with Crippen molar-refractivity contribution in [2.45, 2.75) is 52.1 Å². The number of aryl methyl sites for hydroxylation is 3. The largest absolute Gasteiger partial charge is 0.497 e. The zero-order valence-electron chi connectivity index (χ0n) is 19.6. The number of rotatable bonds is 5. The molecule has 174 valence electrons. The van der Waals surface area contributed by atoms with Gasteiger partial charge in [0.2, 0.25) is 0 Å². The molecule has 0 radical (unpaired) electrons. The van der Waals surface area contributed by atoms with Crippen molar-refractivity contribution in [2.24, 2.45) is 0 Å². The number of nitrogens with zero attached hydrogens (tertiary/aromatic N) is 1. The van der Waals surface area contributed by atoms with E-state index < -0.39 is 18.8 Å². The summed E-state index contributed by atoms with van der Waals surface area (Å²) in [6.45, 7) is 4.04. The highest BCUT2D eigenvalue weighted by Crippen LogP contribution is 2.27. The smallest absolute Gasteiger partial charge is 0.405 e. The van der Waals surface area contributed by atoms with Gasteiger partial charge in [-0.1, -0.05) is 30.3 Å². The summed E-state index contributed by atoms with van der Waals surface area (Å²) in [4.78, 5) is 17.0. The summed E-state index contributed by atoms with van der Waals surface area (Å²) in [5.41, 5.74) is 6.21. The molecular formula is C27H28BFN2O3. The average Bonchev–Trinajstić information content (AvgIpc) is 3.29. The Balaban J connectivity index is 1.28. The second-order valence-electron chi connectivity index (χ2n) is 9.20. The SMILES string of the molecule is Cc1cccc(NC(=O)c2cc(F)c(B3OCC(Cc4cccc5c4CCCC5)O3)cc2C)n1. The first-order chi connectivity index (χ1) is 16.5. The monoisotopic (exact) mass is 458 g/mol. The van der Waals surface area contributed by atoms with Crippen LogP contribution in [-0.4, -0.2) is 30.7 Å². The van der Waals surface area contributed by atoms with Crippen LogP contribution in [0.3, 0.4) is 0 Å². The molecule has 1 atom stereocenters. The number of carbonyl (C=O) groups is 1. The highest BCUT2D eigenvalue weighted by molar-refractivity contribution is 6.62. The van der Waals surface area contributed by atoms with Crippen molar-refractivity contribution in [3.8, 4) is 0 Å². The Morgan fingerprint density at radius 1 is 1.15 bits per heavy atom. The molecule has 1 fully saturated rings. The van der Waals surface area contributed by atoms with Crippen LogP contribution in [0.5, 0.6) is 0 Å². The molecule has 1 saturated heterocycles. The minimum atomic E-state index is -0.779. The summed E-state index contributed by atoms with van der Waals surface area (Å²) < 4.78 is 27.0. The fourth-order valence-electron chi connectivity index (χ4n) is 4.94. The van der Waals surface area contributed by atoms with E-state index in [1.165, 1.54) is 35.6 Å². The fourth-order valence-corrected chi connectivity index (χ4v) is 4.94. The molecule has 2 aliphatic rings. The van der Waals surface area contributed by atoms with Crippen molar-refractivity contribution in [3.63, 3.8) is 0 Å². The quantitative estimate of drug-likeness (QED) is 0.579. The summed E-state index contributed by atoms with van der Waals surface area (Å²) in [6.07, 6.45) is 5.34. The summed E-state index contributed by atoms with van der Waals surface area (Å²) in [7, 11) is -0.779. The summed E-state index contributed by atoms with van der Waals surface area (Å²) in [5.74, 6) is -0.487. The van der Waals surface area contributed by atoms with Crippen LogP contribution in [0.4, 0.5) is 10.2 Å². The van der Waals surface area contributed by atoms with E-state index in [0.717, 1.165) is 25.0 Å². The third kappa shape index (κ3) is 4.77. The first-order valence-corrected chi connectivity index (χ1v) is 11.9. The first-order valence-electron chi connectivity index (χ1n) is 11.9. The second kappa shape index (κ2) is 9.68. The number of nitrogens with one attached hydrogen (secondary N) is 1. The van der Waals surface area contributed by atoms with Crippen molar-refractivity contribution in [1.82, 2.24) is 4.98 Å². The Morgan fingerprint density at radius 2 is 1.97 bits per heavy atom. The molecule has 0 saturated carbocycles. The predicted molar refractivity (Wildman–Crippen MR) is 131 cm³/mol. The van der Waals surface area contributed by atoms with E-state index in [1.54, 1.807) is 19.1 Å². The van der Waals surface area contributed by atoms with Gasteiger partial charge in [-0.2, -0.15) is 0 Å². The van der Waals surface area contributed by atoms with Gasteiger partial charge in [-0.05, 0) is 86.4 Å². The number of carbonyl (C=O) groups excluding carboxylic acids is 1. The Bertz CT molecular complexity index is 1230. The van der Waals surface area contributed by atoms with Gasteiger partial charge in [-0.3, -0.25) is 4.79 Å². The van der Waals surface area contributed by atoms with Gasteiger partial charge in [0.15, 0.2) is 0 Å². The van der Waals surface area contributed by atoms with E-state index in [-0.39, 0.29) is 11.7 Å². The molecule has 1 aliphatic carbocycles. The molecule has 2 heterocycles. The average molecular weight is 458 g/mol. The lowest BCUT2D eigenvalue weighted by Crippen LogP contribution is -2.36. The number of aromatic nitrogens is 1. The van der Waals surface area contributed by atoms with Crippen LogP contribution in [0.15, 0.2) is 48.5 Å². The molecule has 1 aromatic heterocycles. The molecule has 0 bridgehead atoms. The highest BCUT2D eigenvalue weighted by Gasteiger charge is 2.36. The normalized spacial score (nSPS) is 17.5. The van der Waals surface area contributed by atoms with Gasteiger partial charge in [0.05, 0.1) is 12.7 Å². The third-order valence-corrected chi connectivity index (χ3v) is 6.66. The molecular weight excluding hydrogens is 430 g/mol. The number of fused-ring (bicyclic) bond motifs is 1. The van der Waals surface area contributed by atoms with Gasteiger partial charge in [0, 0.05) is 16.7 Å². The zero-order valence-corrected chi connectivity index (χ0v) is 19.6. The molecule has 3 aromatic rings. The van der Waals surface area contributed by atoms with Gasteiger partial charge in [0.1, 0.15) is 11.6 Å². The summed E-state index contributed by atoms with van der Waals surface area (Å²) in [5, 5.41) is 2.74. The number of halogens is 1. The van der Waals surface area contributed by atoms with E-state index in [1.807, 2.05) is 19.1 Å². The molecule has 1 N–H and O–H groups in total. The molecule has 5 nitrogen and oxygen atoms in total. The van der Waals surface area contributed by atoms with Crippen LogP contribution in [0.25, 0.3) is 0 Å². The van der Waals surface area contributed by atoms with Crippen molar-refractivity contribution in [2.75, 3.05) is 11.9 Å². The lowest BCUT2D eigenvalue weighted by atomic mass is 9.77.